The topological polar surface area (TPSA) is 116 Å². The molecule has 1 heterocycles. The number of hydrogen-bond acceptors (Lipinski definition) is 7. The van der Waals surface area contributed by atoms with Gasteiger partial charge in [-0.05, 0) is 24.1 Å². The van der Waals surface area contributed by atoms with Crippen LogP contribution in [0.3, 0.4) is 0 Å². The van der Waals surface area contributed by atoms with E-state index < -0.39 is 12.2 Å². The maximum Gasteiger partial charge on any atom is 0.311 e. The maximum atomic E-state index is 12.0. The number of carbonyl (C=O) groups excluding carboxylic acids is 1. The van der Waals surface area contributed by atoms with Gasteiger partial charge in [0, 0.05) is 30.5 Å². The van der Waals surface area contributed by atoms with Gasteiger partial charge in [0.15, 0.2) is 11.5 Å². The van der Waals surface area contributed by atoms with Gasteiger partial charge in [0.1, 0.15) is 23.4 Å². The van der Waals surface area contributed by atoms with Crippen LogP contribution in [0.15, 0.2) is 30.3 Å². The van der Waals surface area contributed by atoms with Crippen molar-refractivity contribution in [3.05, 3.63) is 41.5 Å². The van der Waals surface area contributed by atoms with Crippen LogP contribution in [0.25, 0.3) is 0 Å². The summed E-state index contributed by atoms with van der Waals surface area (Å²) in [5.41, 5.74) is 0.885. The van der Waals surface area contributed by atoms with Gasteiger partial charge in [-0.15, -0.1) is 0 Å². The Morgan fingerprint density at radius 2 is 1.86 bits per heavy atom. The van der Waals surface area contributed by atoms with Crippen molar-refractivity contribution in [3.63, 3.8) is 0 Å². The molecule has 0 aliphatic carbocycles. The van der Waals surface area contributed by atoms with Crippen LogP contribution in [0, 0.1) is 0 Å². The van der Waals surface area contributed by atoms with Crippen molar-refractivity contribution in [1.29, 1.82) is 0 Å². The lowest BCUT2D eigenvalue weighted by molar-refractivity contribution is -0.134. The molecule has 0 aromatic heterocycles. The summed E-state index contributed by atoms with van der Waals surface area (Å²) in [6.07, 6.45) is 2.50. The average molecular weight is 402 g/mol. The molecule has 4 N–H and O–H groups in total. The predicted octanol–water partition coefficient (Wildman–Crippen LogP) is 3.72. The summed E-state index contributed by atoms with van der Waals surface area (Å²) in [7, 11) is 0. The van der Waals surface area contributed by atoms with E-state index in [1.165, 1.54) is 30.3 Å². The summed E-state index contributed by atoms with van der Waals surface area (Å²) in [4.78, 5) is 12.0. The fraction of sp³-hybridized carbons (Fsp3) is 0.409. The highest BCUT2D eigenvalue weighted by Crippen LogP contribution is 2.43. The average Bonchev–Trinajstić information content (AvgIpc) is 2.68. The zero-order chi connectivity index (χ0) is 21.0. The van der Waals surface area contributed by atoms with E-state index in [1.807, 2.05) is 0 Å². The monoisotopic (exact) mass is 402 g/mol. The third kappa shape index (κ3) is 4.92. The standard InChI is InChI=1S/C22H26O7/c1-2-3-4-5-6-21(27)28-14-10-17(24)15-12-19(26)22(29-20(15)11-14)13-7-8-16(23)18(25)9-13/h7-11,19,22-26H,2-6,12H2,1H3/t19-,22-/m0/s1. The highest BCUT2D eigenvalue weighted by atomic mass is 16.5. The van der Waals surface area contributed by atoms with E-state index in [2.05, 4.69) is 6.92 Å². The summed E-state index contributed by atoms with van der Waals surface area (Å²) < 4.78 is 11.2. The SMILES string of the molecule is CCCCCCC(=O)Oc1cc(O)c2c(c1)O[C@@H](c1ccc(O)c(O)c1)[C@@H](O)C2. The van der Waals surface area contributed by atoms with Gasteiger partial charge in [-0.2, -0.15) is 0 Å². The number of aromatic hydroxyl groups is 3. The van der Waals surface area contributed by atoms with E-state index in [0.717, 1.165) is 25.7 Å². The summed E-state index contributed by atoms with van der Waals surface area (Å²) >= 11 is 0. The third-order valence-corrected chi connectivity index (χ3v) is 4.97. The number of ether oxygens (including phenoxy) is 2. The smallest absolute Gasteiger partial charge is 0.311 e. The van der Waals surface area contributed by atoms with Crippen LogP contribution in [-0.4, -0.2) is 32.5 Å². The first-order chi connectivity index (χ1) is 13.9. The highest BCUT2D eigenvalue weighted by molar-refractivity contribution is 5.73. The number of unbranched alkanes of at least 4 members (excludes halogenated alkanes) is 3. The molecule has 1 aliphatic heterocycles. The minimum absolute atomic E-state index is 0.123. The Morgan fingerprint density at radius 3 is 2.59 bits per heavy atom. The molecule has 0 spiro atoms. The molecule has 0 unspecified atom stereocenters. The second kappa shape index (κ2) is 9.05. The van der Waals surface area contributed by atoms with Gasteiger partial charge in [0.05, 0.1) is 6.10 Å². The summed E-state index contributed by atoms with van der Waals surface area (Å²) in [6.45, 7) is 2.10. The molecule has 0 saturated carbocycles. The molecule has 0 bridgehead atoms. The highest BCUT2D eigenvalue weighted by Gasteiger charge is 2.32. The Kier molecular flexibility index (Phi) is 6.49. The van der Waals surface area contributed by atoms with Crippen LogP contribution in [0.4, 0.5) is 0 Å². The molecular formula is C22H26O7. The number of aliphatic hydroxyl groups excluding tert-OH is 1. The Hall–Kier alpha value is -2.93. The van der Waals surface area contributed by atoms with E-state index in [-0.39, 0.29) is 35.4 Å². The maximum absolute atomic E-state index is 12.0. The van der Waals surface area contributed by atoms with Gasteiger partial charge in [0.2, 0.25) is 0 Å². The molecular weight excluding hydrogens is 376 g/mol. The van der Waals surface area contributed by atoms with Crippen molar-refractivity contribution in [2.24, 2.45) is 0 Å². The van der Waals surface area contributed by atoms with Crippen LogP contribution in [-0.2, 0) is 11.2 Å². The molecule has 0 amide bonds. The number of hydrogen-bond donors (Lipinski definition) is 4. The number of benzene rings is 2. The van der Waals surface area contributed by atoms with Gasteiger partial charge in [-0.25, -0.2) is 0 Å². The molecule has 3 rings (SSSR count). The van der Waals surface area contributed by atoms with Crippen molar-refractivity contribution in [2.45, 2.75) is 57.7 Å². The summed E-state index contributed by atoms with van der Waals surface area (Å²) in [5.74, 6) is -0.631. The lowest BCUT2D eigenvalue weighted by Gasteiger charge is -2.31. The fourth-order valence-corrected chi connectivity index (χ4v) is 3.39. The molecule has 7 heteroatoms. The Labute approximate surface area is 169 Å². The number of phenols is 3. The Balaban J connectivity index is 1.76. The number of esters is 1. The molecule has 0 radical (unpaired) electrons. The van der Waals surface area contributed by atoms with E-state index in [0.29, 0.717) is 23.3 Å². The Bertz CT molecular complexity index is 878. The second-order valence-electron chi connectivity index (χ2n) is 7.26. The first kappa shape index (κ1) is 20.8. The predicted molar refractivity (Wildman–Crippen MR) is 105 cm³/mol. The minimum Gasteiger partial charge on any atom is -0.507 e. The fourth-order valence-electron chi connectivity index (χ4n) is 3.39. The van der Waals surface area contributed by atoms with Crippen LogP contribution in [0.5, 0.6) is 28.7 Å². The van der Waals surface area contributed by atoms with E-state index >= 15 is 0 Å². The normalized spacial score (nSPS) is 18.0. The van der Waals surface area contributed by atoms with Crippen molar-refractivity contribution >= 4 is 5.97 Å². The molecule has 2 aromatic carbocycles. The van der Waals surface area contributed by atoms with Gasteiger partial charge >= 0.3 is 5.97 Å². The van der Waals surface area contributed by atoms with Crippen LogP contribution in [0.1, 0.15) is 56.3 Å². The molecule has 0 fully saturated rings. The third-order valence-electron chi connectivity index (χ3n) is 4.97. The molecule has 29 heavy (non-hydrogen) atoms. The molecule has 2 aromatic rings. The van der Waals surface area contributed by atoms with Crippen molar-refractivity contribution in [1.82, 2.24) is 0 Å². The quantitative estimate of drug-likeness (QED) is 0.241. The van der Waals surface area contributed by atoms with Gasteiger partial charge in [0.25, 0.3) is 0 Å². The second-order valence-corrected chi connectivity index (χ2v) is 7.26. The molecule has 1 aliphatic rings. The van der Waals surface area contributed by atoms with Crippen molar-refractivity contribution in [3.8, 4) is 28.7 Å². The van der Waals surface area contributed by atoms with Crippen LogP contribution >= 0.6 is 0 Å². The number of carbonyl (C=O) groups is 1. The van der Waals surface area contributed by atoms with Crippen LogP contribution < -0.4 is 9.47 Å². The minimum atomic E-state index is -0.968. The molecule has 2 atom stereocenters. The first-order valence-electron chi connectivity index (χ1n) is 9.82. The first-order valence-corrected chi connectivity index (χ1v) is 9.82. The van der Waals surface area contributed by atoms with Crippen molar-refractivity contribution < 1.29 is 34.7 Å². The molecule has 7 nitrogen and oxygen atoms in total. The summed E-state index contributed by atoms with van der Waals surface area (Å²) in [5, 5.41) is 39.9. The van der Waals surface area contributed by atoms with E-state index in [1.54, 1.807) is 0 Å². The summed E-state index contributed by atoms with van der Waals surface area (Å²) in [6, 6.07) is 7.01. The van der Waals surface area contributed by atoms with Gasteiger partial charge in [-0.3, -0.25) is 4.79 Å². The zero-order valence-corrected chi connectivity index (χ0v) is 16.3. The van der Waals surface area contributed by atoms with Gasteiger partial charge in [-0.1, -0.05) is 32.3 Å². The number of rotatable bonds is 7. The lowest BCUT2D eigenvalue weighted by Crippen LogP contribution is -2.30. The van der Waals surface area contributed by atoms with Gasteiger partial charge < -0.3 is 29.9 Å². The van der Waals surface area contributed by atoms with E-state index in [4.69, 9.17) is 9.47 Å². The van der Waals surface area contributed by atoms with E-state index in [9.17, 15) is 25.2 Å². The van der Waals surface area contributed by atoms with Crippen molar-refractivity contribution in [2.75, 3.05) is 0 Å². The molecule has 0 saturated heterocycles. The lowest BCUT2D eigenvalue weighted by atomic mass is 9.94. The number of aliphatic hydroxyl groups is 1. The zero-order valence-electron chi connectivity index (χ0n) is 16.3. The number of fused-ring (bicyclic) bond motifs is 1. The van der Waals surface area contributed by atoms with Crippen LogP contribution in [0.2, 0.25) is 0 Å². The molecule has 156 valence electrons. The largest absolute Gasteiger partial charge is 0.507 e. The Morgan fingerprint density at radius 1 is 1.07 bits per heavy atom. The number of phenolic OH excluding ortho intramolecular Hbond substituents is 3.